The molecule has 3 aromatic rings. The molecule has 0 saturated carbocycles. The minimum Gasteiger partial charge on any atom is -0.449 e. The van der Waals surface area contributed by atoms with Crippen LogP contribution in [0.3, 0.4) is 0 Å². The fourth-order valence-corrected chi connectivity index (χ4v) is 3.76. The van der Waals surface area contributed by atoms with Gasteiger partial charge in [0.15, 0.2) is 5.70 Å². The zero-order chi connectivity index (χ0) is 25.3. The zero-order valence-corrected chi connectivity index (χ0v) is 20.9. The average Bonchev–Trinajstić information content (AvgIpc) is 3.16. The predicted molar refractivity (Wildman–Crippen MR) is 132 cm³/mol. The zero-order valence-electron chi connectivity index (χ0n) is 17.2. The molecular weight excluding hydrogens is 648 g/mol. The van der Waals surface area contributed by atoms with Crippen molar-refractivity contribution in [3.8, 4) is 11.5 Å². The molecule has 3 aromatic carbocycles. The third-order valence-corrected chi connectivity index (χ3v) is 7.04. The van der Waals surface area contributed by atoms with E-state index < -0.39 is 34.1 Å². The van der Waals surface area contributed by atoms with Gasteiger partial charge in [-0.2, -0.15) is 13.2 Å². The fraction of sp³-hybridized carbons (Fsp3) is 0.0435. The number of halogens is 5. The molecule has 35 heavy (non-hydrogen) atoms. The number of cyclic esters (lactones) is 1. The molecule has 0 fully saturated rings. The Hall–Kier alpha value is -3.26. The summed E-state index contributed by atoms with van der Waals surface area (Å²) in [5.41, 5.74) is -1.20. The second-order valence-electron chi connectivity index (χ2n) is 7.04. The molecule has 0 bridgehead atoms. The van der Waals surface area contributed by atoms with Gasteiger partial charge in [-0.25, -0.2) is 9.79 Å². The van der Waals surface area contributed by atoms with Gasteiger partial charge in [-0.05, 0) is 81.0 Å². The van der Waals surface area contributed by atoms with Crippen molar-refractivity contribution in [1.82, 2.24) is 0 Å². The maximum absolute atomic E-state index is 13.0. The SMILES string of the molecule is O=C1OC(c2ccc(I)c(Br)c2)=N/C1=C\c1ccccc1Oc1ccc(C(F)(F)F)cc1[N+](=O)[O-]. The van der Waals surface area contributed by atoms with Gasteiger partial charge in [0, 0.05) is 25.2 Å². The molecule has 0 saturated heterocycles. The molecule has 178 valence electrons. The molecule has 0 radical (unpaired) electrons. The summed E-state index contributed by atoms with van der Waals surface area (Å²) in [5.74, 6) is -0.952. The highest BCUT2D eigenvalue weighted by molar-refractivity contribution is 14.1. The number of aliphatic imine (C=N–C) groups is 1. The Morgan fingerprint density at radius 1 is 1.09 bits per heavy atom. The Kier molecular flexibility index (Phi) is 6.94. The highest BCUT2D eigenvalue weighted by Crippen LogP contribution is 2.39. The number of ether oxygens (including phenoxy) is 2. The molecular formula is C23H11BrF3IN2O5. The normalized spacial score (nSPS) is 14.6. The number of carbonyl (C=O) groups is 1. The Morgan fingerprint density at radius 3 is 2.51 bits per heavy atom. The molecule has 0 N–H and O–H groups in total. The van der Waals surface area contributed by atoms with E-state index in [9.17, 15) is 28.1 Å². The molecule has 0 spiro atoms. The molecule has 0 aromatic heterocycles. The summed E-state index contributed by atoms with van der Waals surface area (Å²) >= 11 is 5.54. The van der Waals surface area contributed by atoms with E-state index in [1.54, 1.807) is 30.3 Å². The number of hydrogen-bond donors (Lipinski definition) is 0. The number of carbonyl (C=O) groups excluding carboxylic acids is 1. The highest BCUT2D eigenvalue weighted by atomic mass is 127. The molecule has 1 aliphatic rings. The van der Waals surface area contributed by atoms with E-state index >= 15 is 0 Å². The van der Waals surface area contributed by atoms with Gasteiger partial charge in [0.25, 0.3) is 0 Å². The lowest BCUT2D eigenvalue weighted by atomic mass is 10.1. The summed E-state index contributed by atoms with van der Waals surface area (Å²) in [4.78, 5) is 27.1. The van der Waals surface area contributed by atoms with Crippen molar-refractivity contribution in [2.24, 2.45) is 4.99 Å². The molecule has 12 heteroatoms. The maximum Gasteiger partial charge on any atom is 0.416 e. The lowest BCUT2D eigenvalue weighted by Gasteiger charge is -2.11. The first-order chi connectivity index (χ1) is 16.5. The monoisotopic (exact) mass is 658 g/mol. The number of nitro groups is 1. The largest absolute Gasteiger partial charge is 0.449 e. The highest BCUT2D eigenvalue weighted by Gasteiger charge is 2.33. The van der Waals surface area contributed by atoms with E-state index in [0.717, 1.165) is 14.1 Å². The summed E-state index contributed by atoms with van der Waals surface area (Å²) in [6.45, 7) is 0. The van der Waals surface area contributed by atoms with Crippen molar-refractivity contribution in [1.29, 1.82) is 0 Å². The summed E-state index contributed by atoms with van der Waals surface area (Å²) < 4.78 is 51.6. The van der Waals surface area contributed by atoms with Crippen LogP contribution in [-0.2, 0) is 15.7 Å². The van der Waals surface area contributed by atoms with Crippen LogP contribution in [0.2, 0.25) is 0 Å². The number of nitrogens with zero attached hydrogens (tertiary/aromatic N) is 2. The van der Waals surface area contributed by atoms with E-state index in [2.05, 4.69) is 43.5 Å². The van der Waals surface area contributed by atoms with Gasteiger partial charge < -0.3 is 9.47 Å². The van der Waals surface area contributed by atoms with Crippen LogP contribution in [-0.4, -0.2) is 16.8 Å². The topological polar surface area (TPSA) is 91.0 Å². The van der Waals surface area contributed by atoms with Gasteiger partial charge in [0.1, 0.15) is 5.75 Å². The quantitative estimate of drug-likeness (QED) is 0.0958. The van der Waals surface area contributed by atoms with Crippen LogP contribution < -0.4 is 4.74 Å². The van der Waals surface area contributed by atoms with Gasteiger partial charge in [-0.15, -0.1) is 0 Å². The van der Waals surface area contributed by atoms with Crippen molar-refractivity contribution in [3.05, 3.63) is 101 Å². The predicted octanol–water partition coefficient (Wildman–Crippen LogP) is 7.12. The number of para-hydroxylation sites is 1. The number of rotatable bonds is 5. The van der Waals surface area contributed by atoms with E-state index in [1.165, 1.54) is 12.1 Å². The van der Waals surface area contributed by atoms with E-state index in [-0.39, 0.29) is 17.3 Å². The van der Waals surface area contributed by atoms with Crippen molar-refractivity contribution in [3.63, 3.8) is 0 Å². The molecule has 4 rings (SSSR count). The minimum atomic E-state index is -4.75. The Morgan fingerprint density at radius 2 is 1.83 bits per heavy atom. The number of hydrogen-bond acceptors (Lipinski definition) is 6. The first-order valence-electron chi connectivity index (χ1n) is 9.63. The molecule has 0 unspecified atom stereocenters. The summed E-state index contributed by atoms with van der Waals surface area (Å²) in [6, 6.07) is 13.5. The van der Waals surface area contributed by atoms with Crippen molar-refractivity contribution < 1.29 is 32.4 Å². The van der Waals surface area contributed by atoms with Crippen LogP contribution in [0.25, 0.3) is 6.08 Å². The summed E-state index contributed by atoms with van der Waals surface area (Å²) in [7, 11) is 0. The van der Waals surface area contributed by atoms with Crippen LogP contribution in [0.1, 0.15) is 16.7 Å². The van der Waals surface area contributed by atoms with Gasteiger partial charge >= 0.3 is 17.8 Å². The van der Waals surface area contributed by atoms with Crippen LogP contribution in [0, 0.1) is 13.7 Å². The smallest absolute Gasteiger partial charge is 0.416 e. The molecule has 1 aliphatic heterocycles. The standard InChI is InChI=1S/C23H11BrF3IN2O5/c24-15-9-13(5-7-16(15)28)21-29-17(22(31)35-21)10-12-3-1-2-4-19(12)34-20-8-6-14(23(25,26)27)11-18(20)30(32)33/h1-11H/b17-10-. The molecule has 1 heterocycles. The lowest BCUT2D eigenvalue weighted by molar-refractivity contribution is -0.385. The summed E-state index contributed by atoms with van der Waals surface area (Å²) in [5, 5.41) is 11.4. The van der Waals surface area contributed by atoms with Crippen LogP contribution in [0.4, 0.5) is 18.9 Å². The van der Waals surface area contributed by atoms with Crippen molar-refractivity contribution in [2.45, 2.75) is 6.18 Å². The number of esters is 1. The molecule has 0 aliphatic carbocycles. The second-order valence-corrected chi connectivity index (χ2v) is 9.06. The Bertz CT molecular complexity index is 1420. The first kappa shape index (κ1) is 24.9. The Balaban J connectivity index is 1.69. The number of benzene rings is 3. The lowest BCUT2D eigenvalue weighted by Crippen LogP contribution is -2.06. The molecule has 0 atom stereocenters. The van der Waals surface area contributed by atoms with Crippen molar-refractivity contribution in [2.75, 3.05) is 0 Å². The van der Waals surface area contributed by atoms with Crippen LogP contribution >= 0.6 is 38.5 Å². The number of nitro benzene ring substituents is 1. The minimum absolute atomic E-state index is 0.0485. The third-order valence-electron chi connectivity index (χ3n) is 4.70. The number of alkyl halides is 3. The average molecular weight is 659 g/mol. The summed E-state index contributed by atoms with van der Waals surface area (Å²) in [6.07, 6.45) is -3.39. The third kappa shape index (κ3) is 5.53. The Labute approximate surface area is 217 Å². The van der Waals surface area contributed by atoms with Gasteiger partial charge in [0.05, 0.1) is 10.5 Å². The molecule has 7 nitrogen and oxygen atoms in total. The fourth-order valence-electron chi connectivity index (χ4n) is 3.04. The maximum atomic E-state index is 13.0. The van der Waals surface area contributed by atoms with E-state index in [1.807, 2.05) is 6.07 Å². The van der Waals surface area contributed by atoms with Gasteiger partial charge in [-0.1, -0.05) is 18.2 Å². The van der Waals surface area contributed by atoms with Gasteiger partial charge in [0.2, 0.25) is 11.6 Å². The van der Waals surface area contributed by atoms with Crippen LogP contribution in [0.15, 0.2) is 75.8 Å². The molecule has 0 amide bonds. The van der Waals surface area contributed by atoms with Crippen molar-refractivity contribution >= 4 is 62.2 Å². The van der Waals surface area contributed by atoms with Crippen LogP contribution in [0.5, 0.6) is 11.5 Å². The van der Waals surface area contributed by atoms with E-state index in [0.29, 0.717) is 23.3 Å². The first-order valence-corrected chi connectivity index (χ1v) is 11.5. The van der Waals surface area contributed by atoms with E-state index in [4.69, 9.17) is 9.47 Å². The van der Waals surface area contributed by atoms with Gasteiger partial charge in [-0.3, -0.25) is 10.1 Å². The second kappa shape index (κ2) is 9.77.